The van der Waals surface area contributed by atoms with Crippen LogP contribution in [-0.4, -0.2) is 30.7 Å². The maximum atomic E-state index is 12.5. The Labute approximate surface area is 197 Å². The van der Waals surface area contributed by atoms with Crippen molar-refractivity contribution in [2.45, 2.75) is 70.8 Å². The number of hydrogen-bond acceptors (Lipinski definition) is 5. The number of hydrazone groups is 1. The average Bonchev–Trinajstić information content (AvgIpc) is 2.81. The van der Waals surface area contributed by atoms with E-state index >= 15 is 0 Å². The van der Waals surface area contributed by atoms with Gasteiger partial charge in [0.15, 0.2) is 0 Å². The smallest absolute Gasteiger partial charge is 0.307 e. The summed E-state index contributed by atoms with van der Waals surface area (Å²) in [5.74, 6) is 4.91. The highest BCUT2D eigenvalue weighted by Crippen LogP contribution is 2.12. The number of esters is 1. The lowest BCUT2D eigenvalue weighted by Crippen LogP contribution is -2.36. The summed E-state index contributed by atoms with van der Waals surface area (Å²) in [6, 6.07) is 18.3. The van der Waals surface area contributed by atoms with Gasteiger partial charge in [0.05, 0.1) is 19.2 Å². The van der Waals surface area contributed by atoms with Crippen molar-refractivity contribution in [3.8, 4) is 0 Å². The van der Waals surface area contributed by atoms with Crippen molar-refractivity contribution in [3.05, 3.63) is 71.3 Å². The van der Waals surface area contributed by atoms with Crippen molar-refractivity contribution < 1.29 is 14.3 Å². The second-order valence-corrected chi connectivity index (χ2v) is 8.23. The van der Waals surface area contributed by atoms with Crippen LogP contribution >= 0.6 is 0 Å². The molecule has 33 heavy (non-hydrogen) atoms. The molecule has 1 unspecified atom stereocenters. The van der Waals surface area contributed by atoms with Gasteiger partial charge in [-0.05, 0) is 62.1 Å². The number of nitrogens with zero attached hydrogens (tertiary/aromatic N) is 1. The first-order valence-electron chi connectivity index (χ1n) is 11.9. The van der Waals surface area contributed by atoms with Crippen molar-refractivity contribution in [3.63, 3.8) is 0 Å². The van der Waals surface area contributed by atoms with Crippen LogP contribution in [0.4, 0.5) is 0 Å². The zero-order valence-electron chi connectivity index (χ0n) is 19.7. The van der Waals surface area contributed by atoms with Crippen LogP contribution in [0.15, 0.2) is 59.7 Å². The lowest BCUT2D eigenvalue weighted by molar-refractivity contribution is -0.143. The van der Waals surface area contributed by atoms with Gasteiger partial charge < -0.3 is 15.9 Å². The molecule has 3 N–H and O–H groups in total. The Morgan fingerprint density at radius 2 is 1.64 bits per heavy atom. The van der Waals surface area contributed by atoms with E-state index in [1.54, 1.807) is 13.1 Å². The largest absolute Gasteiger partial charge is 0.466 e. The molecule has 6 nitrogen and oxygen atoms in total. The van der Waals surface area contributed by atoms with E-state index in [1.165, 1.54) is 11.1 Å². The standard InChI is InChI=1S/C27H37N3O3/c1-2-33-27(32)20-25(14-8-6-12-22-10-4-3-5-11-22)30-26(31)15-9-7-13-23-16-18-24(19-17-23)21-29-28/h3-5,10-11,16-19,21,25H,2,6-9,12-15,20,28H2,1H3,(H,30,31). The van der Waals surface area contributed by atoms with Gasteiger partial charge in [-0.1, -0.05) is 61.0 Å². The van der Waals surface area contributed by atoms with Crippen LogP contribution in [0.3, 0.4) is 0 Å². The van der Waals surface area contributed by atoms with Gasteiger partial charge in [0.25, 0.3) is 0 Å². The molecule has 0 fully saturated rings. The Kier molecular flexibility index (Phi) is 12.4. The Hall–Kier alpha value is -3.15. The Morgan fingerprint density at radius 1 is 0.970 bits per heavy atom. The van der Waals surface area contributed by atoms with Crippen LogP contribution < -0.4 is 11.2 Å². The van der Waals surface area contributed by atoms with Crippen LogP contribution in [0.2, 0.25) is 0 Å². The van der Waals surface area contributed by atoms with Gasteiger partial charge in [-0.25, -0.2) is 0 Å². The van der Waals surface area contributed by atoms with Gasteiger partial charge in [-0.2, -0.15) is 5.10 Å². The van der Waals surface area contributed by atoms with Crippen LogP contribution in [-0.2, 0) is 27.2 Å². The summed E-state index contributed by atoms with van der Waals surface area (Å²) in [4.78, 5) is 24.5. The maximum Gasteiger partial charge on any atom is 0.307 e. The second kappa shape index (κ2) is 15.6. The second-order valence-electron chi connectivity index (χ2n) is 8.23. The molecule has 0 heterocycles. The third kappa shape index (κ3) is 11.3. The zero-order valence-corrected chi connectivity index (χ0v) is 19.7. The molecule has 2 rings (SSSR count). The first kappa shape index (κ1) is 26.1. The topological polar surface area (TPSA) is 93.8 Å². The van der Waals surface area contributed by atoms with E-state index in [9.17, 15) is 9.59 Å². The summed E-state index contributed by atoms with van der Waals surface area (Å²) < 4.78 is 5.10. The van der Waals surface area contributed by atoms with E-state index in [2.05, 4.69) is 34.7 Å². The number of ether oxygens (including phenoxy) is 1. The first-order valence-corrected chi connectivity index (χ1v) is 11.9. The minimum atomic E-state index is -0.256. The molecule has 0 saturated heterocycles. The zero-order chi connectivity index (χ0) is 23.7. The van der Waals surface area contributed by atoms with E-state index in [4.69, 9.17) is 10.6 Å². The SMILES string of the molecule is CCOC(=O)CC(CCCCc1ccccc1)NC(=O)CCCCc1ccc(C=NN)cc1. The van der Waals surface area contributed by atoms with Crippen molar-refractivity contribution in [1.82, 2.24) is 5.32 Å². The number of rotatable bonds is 15. The van der Waals surface area contributed by atoms with E-state index < -0.39 is 0 Å². The normalized spacial score (nSPS) is 11.9. The summed E-state index contributed by atoms with van der Waals surface area (Å²) >= 11 is 0. The number of amides is 1. The molecule has 6 heteroatoms. The number of benzene rings is 2. The fourth-order valence-corrected chi connectivity index (χ4v) is 3.78. The Bertz CT molecular complexity index is 851. The third-order valence-corrected chi connectivity index (χ3v) is 5.52. The van der Waals surface area contributed by atoms with E-state index in [-0.39, 0.29) is 24.3 Å². The Balaban J connectivity index is 1.71. The number of nitrogens with one attached hydrogen (secondary N) is 1. The molecule has 0 aliphatic carbocycles. The molecule has 1 amide bonds. The number of aryl methyl sites for hydroxylation is 2. The summed E-state index contributed by atoms with van der Waals surface area (Å²) in [5, 5.41) is 6.58. The summed E-state index contributed by atoms with van der Waals surface area (Å²) in [6.45, 7) is 2.15. The monoisotopic (exact) mass is 451 g/mol. The molecule has 1 atom stereocenters. The van der Waals surface area contributed by atoms with E-state index in [1.807, 2.05) is 30.3 Å². The summed E-state index contributed by atoms with van der Waals surface area (Å²) in [6.07, 6.45) is 8.69. The molecule has 178 valence electrons. The van der Waals surface area contributed by atoms with Crippen LogP contribution in [0.25, 0.3) is 0 Å². The molecule has 0 radical (unpaired) electrons. The lowest BCUT2D eigenvalue weighted by atomic mass is 10.0. The maximum absolute atomic E-state index is 12.5. The highest BCUT2D eigenvalue weighted by Gasteiger charge is 2.17. The van der Waals surface area contributed by atoms with Gasteiger partial charge >= 0.3 is 5.97 Å². The summed E-state index contributed by atoms with van der Waals surface area (Å²) in [7, 11) is 0. The van der Waals surface area contributed by atoms with Gasteiger partial charge in [0, 0.05) is 12.5 Å². The van der Waals surface area contributed by atoms with E-state index in [0.717, 1.165) is 50.5 Å². The molecule has 0 bridgehead atoms. The number of hydrogen-bond donors (Lipinski definition) is 2. The van der Waals surface area contributed by atoms with Gasteiger partial charge in [-0.15, -0.1) is 0 Å². The quantitative estimate of drug-likeness (QED) is 0.137. The molecule has 0 spiro atoms. The van der Waals surface area contributed by atoms with Crippen molar-refractivity contribution in [1.29, 1.82) is 0 Å². The molecule has 0 saturated carbocycles. The number of nitrogens with two attached hydrogens (primary N) is 1. The van der Waals surface area contributed by atoms with Crippen LogP contribution in [0.5, 0.6) is 0 Å². The lowest BCUT2D eigenvalue weighted by Gasteiger charge is -2.18. The molecule has 0 aromatic heterocycles. The highest BCUT2D eigenvalue weighted by atomic mass is 16.5. The fourth-order valence-electron chi connectivity index (χ4n) is 3.78. The molecular formula is C27H37N3O3. The third-order valence-electron chi connectivity index (χ3n) is 5.52. The number of carbonyl (C=O) groups excluding carboxylic acids is 2. The minimum absolute atomic E-state index is 0.00173. The van der Waals surface area contributed by atoms with Crippen molar-refractivity contribution in [2.24, 2.45) is 10.9 Å². The number of carbonyl (C=O) groups is 2. The Morgan fingerprint density at radius 3 is 2.30 bits per heavy atom. The van der Waals surface area contributed by atoms with Gasteiger partial charge in [0.1, 0.15) is 0 Å². The molecular weight excluding hydrogens is 414 g/mol. The molecule has 2 aromatic rings. The molecule has 0 aliphatic rings. The first-order chi connectivity index (χ1) is 16.1. The van der Waals surface area contributed by atoms with Crippen LogP contribution in [0, 0.1) is 0 Å². The highest BCUT2D eigenvalue weighted by molar-refractivity contribution is 5.79. The molecule has 0 aliphatic heterocycles. The number of unbranched alkanes of at least 4 members (excludes halogenated alkanes) is 2. The minimum Gasteiger partial charge on any atom is -0.466 e. The molecule has 2 aromatic carbocycles. The van der Waals surface area contributed by atoms with Gasteiger partial charge in [0.2, 0.25) is 5.91 Å². The van der Waals surface area contributed by atoms with E-state index in [0.29, 0.717) is 13.0 Å². The van der Waals surface area contributed by atoms with Crippen molar-refractivity contribution >= 4 is 18.1 Å². The van der Waals surface area contributed by atoms with Crippen LogP contribution in [0.1, 0.15) is 68.6 Å². The predicted molar refractivity (Wildman–Crippen MR) is 133 cm³/mol. The van der Waals surface area contributed by atoms with Gasteiger partial charge in [-0.3, -0.25) is 9.59 Å². The summed E-state index contributed by atoms with van der Waals surface area (Å²) in [5.41, 5.74) is 3.51. The fraction of sp³-hybridized carbons (Fsp3) is 0.444. The van der Waals surface area contributed by atoms with Crippen molar-refractivity contribution in [2.75, 3.05) is 6.61 Å². The average molecular weight is 452 g/mol. The predicted octanol–water partition coefficient (Wildman–Crippen LogP) is 4.54.